The zero-order valence-electron chi connectivity index (χ0n) is 10.8. The van der Waals surface area contributed by atoms with Crippen LogP contribution in [0.25, 0.3) is 0 Å². The van der Waals surface area contributed by atoms with Crippen LogP contribution in [0.2, 0.25) is 5.02 Å². The van der Waals surface area contributed by atoms with Crippen LogP contribution in [0.4, 0.5) is 5.82 Å². The fourth-order valence-electron chi connectivity index (χ4n) is 1.65. The van der Waals surface area contributed by atoms with Crippen molar-refractivity contribution < 1.29 is 9.53 Å². The molecule has 0 fully saturated rings. The van der Waals surface area contributed by atoms with Crippen molar-refractivity contribution >= 4 is 23.3 Å². The lowest BCUT2D eigenvalue weighted by molar-refractivity contribution is 0.0946. The van der Waals surface area contributed by atoms with E-state index < -0.39 is 5.91 Å². The molecule has 0 aliphatic heterocycles. The Hall–Kier alpha value is -2.34. The molecule has 0 atom stereocenters. The minimum Gasteiger partial charge on any atom is -0.496 e. The van der Waals surface area contributed by atoms with E-state index in [0.717, 1.165) is 5.56 Å². The molecule has 2 rings (SSSR count). The number of halogens is 1. The van der Waals surface area contributed by atoms with E-state index in [1.54, 1.807) is 18.2 Å². The number of benzene rings is 1. The summed E-state index contributed by atoms with van der Waals surface area (Å²) in [5.41, 5.74) is 6.49. The SMILES string of the molecule is COc1cc(Cl)ccc1CNC(=O)c1nccnc1N. The number of carbonyl (C=O) groups excluding carboxylic acids is 1. The van der Waals surface area contributed by atoms with E-state index in [9.17, 15) is 4.79 Å². The largest absolute Gasteiger partial charge is 0.496 e. The maximum Gasteiger partial charge on any atom is 0.273 e. The molecule has 104 valence electrons. The molecule has 0 aliphatic carbocycles. The van der Waals surface area contributed by atoms with E-state index >= 15 is 0 Å². The topological polar surface area (TPSA) is 90.1 Å². The Bertz CT molecular complexity index is 634. The smallest absolute Gasteiger partial charge is 0.273 e. The third-order valence-corrected chi connectivity index (χ3v) is 2.87. The summed E-state index contributed by atoms with van der Waals surface area (Å²) in [6.07, 6.45) is 2.84. The standard InChI is InChI=1S/C13H13ClN4O2/c1-20-10-6-9(14)3-2-8(10)7-18-13(19)11-12(15)17-5-4-16-11/h2-6H,7H2,1H3,(H2,15,17)(H,18,19). The molecule has 0 spiro atoms. The van der Waals surface area contributed by atoms with Gasteiger partial charge in [-0.05, 0) is 12.1 Å². The van der Waals surface area contributed by atoms with E-state index in [1.165, 1.54) is 19.5 Å². The van der Waals surface area contributed by atoms with Gasteiger partial charge in [0.1, 0.15) is 5.75 Å². The number of rotatable bonds is 4. The number of hydrogen-bond acceptors (Lipinski definition) is 5. The summed E-state index contributed by atoms with van der Waals surface area (Å²) in [5, 5.41) is 3.27. The van der Waals surface area contributed by atoms with Crippen LogP contribution in [0.3, 0.4) is 0 Å². The van der Waals surface area contributed by atoms with Crippen LogP contribution >= 0.6 is 11.6 Å². The van der Waals surface area contributed by atoms with Gasteiger partial charge in [-0.1, -0.05) is 17.7 Å². The van der Waals surface area contributed by atoms with Gasteiger partial charge in [0.2, 0.25) is 0 Å². The number of anilines is 1. The molecule has 7 heteroatoms. The number of amides is 1. The highest BCUT2D eigenvalue weighted by Gasteiger charge is 2.12. The third kappa shape index (κ3) is 3.16. The summed E-state index contributed by atoms with van der Waals surface area (Å²) in [7, 11) is 1.54. The molecule has 1 aromatic heterocycles. The molecule has 0 unspecified atom stereocenters. The van der Waals surface area contributed by atoms with Crippen molar-refractivity contribution in [3.05, 3.63) is 46.9 Å². The monoisotopic (exact) mass is 292 g/mol. The molecule has 1 aromatic carbocycles. The van der Waals surface area contributed by atoms with Gasteiger partial charge in [0.05, 0.1) is 7.11 Å². The van der Waals surface area contributed by atoms with E-state index in [1.807, 2.05) is 0 Å². The number of aromatic nitrogens is 2. The number of nitrogens with one attached hydrogen (secondary N) is 1. The van der Waals surface area contributed by atoms with Crippen molar-refractivity contribution in [3.8, 4) is 5.75 Å². The molecule has 6 nitrogen and oxygen atoms in total. The first-order chi connectivity index (χ1) is 9.61. The van der Waals surface area contributed by atoms with Crippen LogP contribution in [-0.2, 0) is 6.54 Å². The van der Waals surface area contributed by atoms with Crippen LogP contribution < -0.4 is 15.8 Å². The van der Waals surface area contributed by atoms with Gasteiger partial charge in [-0.3, -0.25) is 4.79 Å². The van der Waals surface area contributed by atoms with Crippen molar-refractivity contribution in [3.63, 3.8) is 0 Å². The van der Waals surface area contributed by atoms with E-state index in [4.69, 9.17) is 22.1 Å². The number of nitrogen functional groups attached to an aromatic ring is 1. The first kappa shape index (κ1) is 14.1. The van der Waals surface area contributed by atoms with Crippen LogP contribution in [0.1, 0.15) is 16.1 Å². The quantitative estimate of drug-likeness (QED) is 0.894. The molecule has 0 aliphatic rings. The second-order valence-electron chi connectivity index (χ2n) is 3.93. The van der Waals surface area contributed by atoms with Crippen LogP contribution in [-0.4, -0.2) is 23.0 Å². The zero-order valence-corrected chi connectivity index (χ0v) is 11.5. The molecule has 20 heavy (non-hydrogen) atoms. The number of nitrogens with two attached hydrogens (primary N) is 1. The highest BCUT2D eigenvalue weighted by atomic mass is 35.5. The maximum atomic E-state index is 11.9. The molecule has 2 aromatic rings. The first-order valence-corrected chi connectivity index (χ1v) is 6.16. The molecule has 0 saturated carbocycles. The van der Waals surface area contributed by atoms with Gasteiger partial charge in [-0.15, -0.1) is 0 Å². The molecule has 1 amide bonds. The van der Waals surface area contributed by atoms with Crippen LogP contribution in [0.5, 0.6) is 5.75 Å². The van der Waals surface area contributed by atoms with Gasteiger partial charge in [0, 0.05) is 29.5 Å². The van der Waals surface area contributed by atoms with Crippen LogP contribution in [0, 0.1) is 0 Å². The summed E-state index contributed by atoms with van der Waals surface area (Å²) in [4.78, 5) is 19.7. The Kier molecular flexibility index (Phi) is 4.37. The minimum atomic E-state index is -0.396. The second kappa shape index (κ2) is 6.21. The van der Waals surface area contributed by atoms with E-state index in [0.29, 0.717) is 10.8 Å². The minimum absolute atomic E-state index is 0.0908. The van der Waals surface area contributed by atoms with Gasteiger partial charge in [0.15, 0.2) is 11.5 Å². The van der Waals surface area contributed by atoms with E-state index in [2.05, 4.69) is 15.3 Å². The van der Waals surface area contributed by atoms with Gasteiger partial charge in [0.25, 0.3) is 5.91 Å². The van der Waals surface area contributed by atoms with Crippen molar-refractivity contribution in [2.45, 2.75) is 6.54 Å². The third-order valence-electron chi connectivity index (χ3n) is 2.63. The maximum absolute atomic E-state index is 11.9. The molecule has 0 saturated heterocycles. The van der Waals surface area contributed by atoms with Crippen molar-refractivity contribution in [2.24, 2.45) is 0 Å². The molecule has 3 N–H and O–H groups in total. The summed E-state index contributed by atoms with van der Waals surface area (Å²) in [6, 6.07) is 5.18. The average Bonchev–Trinajstić information content (AvgIpc) is 2.46. The predicted octanol–water partition coefficient (Wildman–Crippen LogP) is 1.65. The number of ether oxygens (including phenoxy) is 1. The molecule has 0 radical (unpaired) electrons. The summed E-state index contributed by atoms with van der Waals surface area (Å²) >= 11 is 5.87. The number of methoxy groups -OCH3 is 1. The Labute approximate surface area is 120 Å². The number of carbonyl (C=O) groups is 1. The average molecular weight is 293 g/mol. The lowest BCUT2D eigenvalue weighted by Gasteiger charge is -2.10. The van der Waals surface area contributed by atoms with Crippen molar-refractivity contribution in [1.29, 1.82) is 0 Å². The second-order valence-corrected chi connectivity index (χ2v) is 4.37. The van der Waals surface area contributed by atoms with Gasteiger partial charge in [-0.25, -0.2) is 9.97 Å². The van der Waals surface area contributed by atoms with Gasteiger partial charge >= 0.3 is 0 Å². The lowest BCUT2D eigenvalue weighted by atomic mass is 10.2. The molecular weight excluding hydrogens is 280 g/mol. The summed E-state index contributed by atoms with van der Waals surface area (Å²) in [6.45, 7) is 0.273. The Balaban J connectivity index is 2.09. The molecular formula is C13H13ClN4O2. The Morgan fingerprint density at radius 2 is 2.15 bits per heavy atom. The predicted molar refractivity (Wildman–Crippen MR) is 75.6 cm³/mol. The van der Waals surface area contributed by atoms with E-state index in [-0.39, 0.29) is 18.1 Å². The highest BCUT2D eigenvalue weighted by molar-refractivity contribution is 6.30. The Morgan fingerprint density at radius 3 is 2.85 bits per heavy atom. The lowest BCUT2D eigenvalue weighted by Crippen LogP contribution is -2.25. The highest BCUT2D eigenvalue weighted by Crippen LogP contribution is 2.22. The fraction of sp³-hybridized carbons (Fsp3) is 0.154. The summed E-state index contributed by atoms with van der Waals surface area (Å²) < 4.78 is 5.20. The van der Waals surface area contributed by atoms with Gasteiger partial charge < -0.3 is 15.8 Å². The number of hydrogen-bond donors (Lipinski definition) is 2. The first-order valence-electron chi connectivity index (χ1n) is 5.79. The molecule has 0 bridgehead atoms. The molecule has 1 heterocycles. The zero-order chi connectivity index (χ0) is 14.5. The summed E-state index contributed by atoms with van der Waals surface area (Å²) in [5.74, 6) is 0.297. The normalized spacial score (nSPS) is 10.1. The van der Waals surface area contributed by atoms with Crippen LogP contribution in [0.15, 0.2) is 30.6 Å². The van der Waals surface area contributed by atoms with Gasteiger partial charge in [-0.2, -0.15) is 0 Å². The van der Waals surface area contributed by atoms with Crippen molar-refractivity contribution in [1.82, 2.24) is 15.3 Å². The number of nitrogens with zero attached hydrogens (tertiary/aromatic N) is 2. The fourth-order valence-corrected chi connectivity index (χ4v) is 1.81. The Morgan fingerprint density at radius 1 is 1.40 bits per heavy atom. The van der Waals surface area contributed by atoms with Crippen molar-refractivity contribution in [2.75, 3.05) is 12.8 Å².